The minimum Gasteiger partial charge on any atom is -0.330 e. The van der Waals surface area contributed by atoms with Crippen molar-refractivity contribution in [3.63, 3.8) is 0 Å². The molecule has 1 atom stereocenters. The molecule has 1 aliphatic rings. The Morgan fingerprint density at radius 2 is 2.43 bits per heavy atom. The van der Waals surface area contributed by atoms with E-state index in [4.69, 9.17) is 0 Å². The molecule has 0 spiro atoms. The lowest BCUT2D eigenvalue weighted by Crippen LogP contribution is -2.06. The topological polar surface area (TPSA) is 47.2 Å². The van der Waals surface area contributed by atoms with Gasteiger partial charge in [0.15, 0.2) is 5.82 Å². The molecule has 0 amide bonds. The molecule has 1 unspecified atom stereocenters. The average molecular weight is 211 g/mol. The highest BCUT2D eigenvalue weighted by Gasteiger charge is 2.19. The first-order valence-electron chi connectivity index (χ1n) is 4.68. The molecular formula is C9H13N3OS. The van der Waals surface area contributed by atoms with Gasteiger partial charge in [-0.15, -0.1) is 0 Å². The summed E-state index contributed by atoms with van der Waals surface area (Å²) in [7, 11) is -1.12. The Hall–Kier alpha value is -0.970. The molecular weight excluding hydrogens is 198 g/mol. The predicted molar refractivity (Wildman–Crippen MR) is 56.7 cm³/mol. The molecule has 0 fully saturated rings. The summed E-state index contributed by atoms with van der Waals surface area (Å²) in [4.78, 5) is 4.19. The maximum absolute atomic E-state index is 11.5. The molecule has 5 heteroatoms. The van der Waals surface area contributed by atoms with Crippen molar-refractivity contribution >= 4 is 16.7 Å². The van der Waals surface area contributed by atoms with E-state index in [2.05, 4.69) is 9.38 Å². The number of aromatic nitrogens is 2. The summed E-state index contributed by atoms with van der Waals surface area (Å²) in [6, 6.07) is 0. The molecule has 14 heavy (non-hydrogen) atoms. The van der Waals surface area contributed by atoms with E-state index >= 15 is 0 Å². The summed E-state index contributed by atoms with van der Waals surface area (Å²) < 4.78 is 17.7. The third kappa shape index (κ3) is 1.64. The van der Waals surface area contributed by atoms with Crippen molar-refractivity contribution in [1.29, 1.82) is 0 Å². The number of imidazole rings is 1. The lowest BCUT2D eigenvalue weighted by molar-refractivity contribution is 0.678. The third-order valence-electron chi connectivity index (χ3n) is 2.17. The van der Waals surface area contributed by atoms with Crippen molar-refractivity contribution in [3.8, 4) is 0 Å². The molecule has 4 nitrogen and oxygen atoms in total. The van der Waals surface area contributed by atoms with Gasteiger partial charge in [0.25, 0.3) is 0 Å². The van der Waals surface area contributed by atoms with Crippen LogP contribution >= 0.6 is 0 Å². The Balaban J connectivity index is 2.27. The van der Waals surface area contributed by atoms with Crippen LogP contribution in [0.25, 0.3) is 0 Å². The smallest absolute Gasteiger partial charge is 0.155 e. The number of aryl methyl sites for hydroxylation is 1. The van der Waals surface area contributed by atoms with Crippen LogP contribution in [0.15, 0.2) is 16.8 Å². The van der Waals surface area contributed by atoms with Gasteiger partial charge in [0.2, 0.25) is 0 Å². The number of hydrogen-bond acceptors (Lipinski definition) is 2. The van der Waals surface area contributed by atoms with Crippen LogP contribution in [0.1, 0.15) is 26.1 Å². The van der Waals surface area contributed by atoms with E-state index in [1.165, 1.54) is 0 Å². The van der Waals surface area contributed by atoms with Crippen LogP contribution in [0.5, 0.6) is 0 Å². The molecule has 1 aliphatic heterocycles. The highest BCUT2D eigenvalue weighted by molar-refractivity contribution is 7.84. The Kier molecular flexibility index (Phi) is 2.50. The molecule has 1 aromatic rings. The maximum Gasteiger partial charge on any atom is 0.155 e. The van der Waals surface area contributed by atoms with Crippen LogP contribution in [-0.2, 0) is 17.5 Å². The van der Waals surface area contributed by atoms with E-state index in [1.54, 1.807) is 6.20 Å². The zero-order valence-electron chi connectivity index (χ0n) is 8.30. The molecule has 0 aliphatic carbocycles. The third-order valence-corrected chi connectivity index (χ3v) is 3.37. The van der Waals surface area contributed by atoms with E-state index < -0.39 is 11.0 Å². The van der Waals surface area contributed by atoms with Crippen LogP contribution in [0.2, 0.25) is 0 Å². The van der Waals surface area contributed by atoms with Crippen LogP contribution in [-0.4, -0.2) is 24.7 Å². The van der Waals surface area contributed by atoms with Crippen molar-refractivity contribution in [2.24, 2.45) is 4.40 Å². The highest BCUT2D eigenvalue weighted by atomic mass is 32.2. The van der Waals surface area contributed by atoms with Crippen LogP contribution in [0.4, 0.5) is 0 Å². The van der Waals surface area contributed by atoms with E-state index in [-0.39, 0.29) is 5.25 Å². The predicted octanol–water partition coefficient (Wildman–Crippen LogP) is 1.15. The van der Waals surface area contributed by atoms with Gasteiger partial charge in [-0.1, -0.05) is 0 Å². The van der Waals surface area contributed by atoms with E-state index in [0.717, 1.165) is 24.5 Å². The molecule has 0 N–H and O–H groups in total. The number of nitrogens with zero attached hydrogens (tertiary/aromatic N) is 3. The largest absolute Gasteiger partial charge is 0.330 e. The fourth-order valence-electron chi connectivity index (χ4n) is 1.39. The molecule has 2 rings (SSSR count). The summed E-state index contributed by atoms with van der Waals surface area (Å²) in [6.07, 6.45) is 4.53. The molecule has 0 bridgehead atoms. The van der Waals surface area contributed by atoms with Gasteiger partial charge in [0, 0.05) is 25.4 Å². The van der Waals surface area contributed by atoms with Gasteiger partial charge in [0.1, 0.15) is 11.0 Å². The van der Waals surface area contributed by atoms with Gasteiger partial charge >= 0.3 is 0 Å². The Morgan fingerprint density at radius 1 is 1.64 bits per heavy atom. The Bertz CT molecular complexity index is 395. The number of fused-ring (bicyclic) bond motifs is 1. The Labute approximate surface area is 85.7 Å². The molecule has 76 valence electrons. The second kappa shape index (κ2) is 3.65. The maximum atomic E-state index is 11.5. The fourth-order valence-corrected chi connectivity index (χ4v) is 1.99. The summed E-state index contributed by atoms with van der Waals surface area (Å²) in [5.74, 6) is 0.874. The van der Waals surface area contributed by atoms with Gasteiger partial charge in [-0.3, -0.25) is 0 Å². The fraction of sp³-hybridized carbons (Fsp3) is 0.556. The Morgan fingerprint density at radius 3 is 3.14 bits per heavy atom. The lowest BCUT2D eigenvalue weighted by atomic mass is 10.3. The minimum atomic E-state index is -1.12. The second-order valence-corrected chi connectivity index (χ2v) is 5.23. The van der Waals surface area contributed by atoms with Gasteiger partial charge in [-0.25, -0.2) is 9.19 Å². The van der Waals surface area contributed by atoms with Crippen LogP contribution < -0.4 is 0 Å². The molecule has 1 aromatic heterocycles. The lowest BCUT2D eigenvalue weighted by Gasteiger charge is -1.99. The van der Waals surface area contributed by atoms with E-state index in [9.17, 15) is 4.21 Å². The van der Waals surface area contributed by atoms with E-state index in [0.29, 0.717) is 0 Å². The summed E-state index contributed by atoms with van der Waals surface area (Å²) in [5.41, 5.74) is 0.877. The number of hydrogen-bond donors (Lipinski definition) is 0. The van der Waals surface area contributed by atoms with Gasteiger partial charge < -0.3 is 4.57 Å². The second-order valence-electron chi connectivity index (χ2n) is 3.56. The zero-order valence-corrected chi connectivity index (χ0v) is 9.12. The minimum absolute atomic E-state index is 0.0755. The van der Waals surface area contributed by atoms with Crippen molar-refractivity contribution < 1.29 is 4.21 Å². The molecule has 2 heterocycles. The SMILES string of the molecule is CC(C)S(=O)/N=C1/CCn2ccnc21. The monoisotopic (exact) mass is 211 g/mol. The van der Waals surface area contributed by atoms with E-state index in [1.807, 2.05) is 24.6 Å². The molecule has 0 saturated carbocycles. The highest BCUT2D eigenvalue weighted by Crippen LogP contribution is 2.14. The van der Waals surface area contributed by atoms with Crippen molar-refractivity contribution in [2.75, 3.05) is 0 Å². The van der Waals surface area contributed by atoms with Crippen LogP contribution in [0, 0.1) is 0 Å². The summed E-state index contributed by atoms with van der Waals surface area (Å²) >= 11 is 0. The summed E-state index contributed by atoms with van der Waals surface area (Å²) in [6.45, 7) is 4.71. The quantitative estimate of drug-likeness (QED) is 0.736. The number of rotatable bonds is 2. The molecule has 0 aromatic carbocycles. The molecule has 0 radical (unpaired) electrons. The zero-order chi connectivity index (χ0) is 10.1. The van der Waals surface area contributed by atoms with Gasteiger partial charge in [-0.05, 0) is 13.8 Å². The van der Waals surface area contributed by atoms with Crippen LogP contribution in [0.3, 0.4) is 0 Å². The van der Waals surface area contributed by atoms with Crippen molar-refractivity contribution in [3.05, 3.63) is 18.2 Å². The molecule has 0 saturated heterocycles. The van der Waals surface area contributed by atoms with Gasteiger partial charge in [0.05, 0.1) is 11.0 Å². The normalized spacial score (nSPS) is 20.4. The summed E-state index contributed by atoms with van der Waals surface area (Å²) in [5, 5.41) is 0.0755. The first-order chi connectivity index (χ1) is 6.68. The van der Waals surface area contributed by atoms with Gasteiger partial charge in [-0.2, -0.15) is 4.40 Å². The average Bonchev–Trinajstić information content (AvgIpc) is 2.69. The first kappa shape index (κ1) is 9.58. The van der Waals surface area contributed by atoms with Crippen molar-refractivity contribution in [2.45, 2.75) is 32.1 Å². The standard InChI is InChI=1S/C9H13N3OS/c1-7(2)14(13)11-8-3-5-12-6-4-10-9(8)12/h4,6-7H,3,5H2,1-2H3/b11-8-. The first-order valence-corrected chi connectivity index (χ1v) is 5.85. The van der Waals surface area contributed by atoms with Crippen molar-refractivity contribution in [1.82, 2.24) is 9.55 Å².